The third kappa shape index (κ3) is 4.27. The Morgan fingerprint density at radius 2 is 2.23 bits per heavy atom. The van der Waals surface area contributed by atoms with Crippen LogP contribution in [0.2, 0.25) is 0 Å². The van der Waals surface area contributed by atoms with E-state index in [2.05, 4.69) is 21.3 Å². The van der Waals surface area contributed by atoms with Gasteiger partial charge in [0.15, 0.2) is 0 Å². The first-order valence-corrected chi connectivity index (χ1v) is 7.70. The number of aromatic nitrogens is 1. The van der Waals surface area contributed by atoms with Gasteiger partial charge in [0.05, 0.1) is 18.3 Å². The molecule has 0 unspecified atom stereocenters. The lowest BCUT2D eigenvalue weighted by Gasteiger charge is -2.23. The van der Waals surface area contributed by atoms with E-state index in [1.807, 2.05) is 13.0 Å². The van der Waals surface area contributed by atoms with E-state index in [-0.39, 0.29) is 24.4 Å². The summed E-state index contributed by atoms with van der Waals surface area (Å²) >= 11 is 0. The molecule has 1 aliphatic heterocycles. The number of hydrogen-bond acceptors (Lipinski definition) is 4. The number of hydrogen-bond donors (Lipinski definition) is 2. The topological polar surface area (TPSA) is 88.3 Å². The van der Waals surface area contributed by atoms with Crippen LogP contribution in [-0.4, -0.2) is 41.8 Å². The highest BCUT2D eigenvalue weighted by Gasteiger charge is 2.28. The van der Waals surface area contributed by atoms with Gasteiger partial charge in [0.1, 0.15) is 0 Å². The summed E-state index contributed by atoms with van der Waals surface area (Å²) in [5, 5.41) is 2.63. The maximum atomic E-state index is 11.4. The Labute approximate surface area is 131 Å². The van der Waals surface area contributed by atoms with Gasteiger partial charge in [-0.25, -0.2) is 0 Å². The molecule has 120 valence electrons. The number of nitrogens with zero attached hydrogens (tertiary/aromatic N) is 2. The Balaban J connectivity index is 2.14. The molecule has 0 aliphatic carbocycles. The van der Waals surface area contributed by atoms with Gasteiger partial charge in [-0.1, -0.05) is 0 Å². The predicted octanol–water partition coefficient (Wildman–Crippen LogP) is 0.691. The summed E-state index contributed by atoms with van der Waals surface area (Å²) in [4.78, 5) is 29.3. The molecule has 6 nitrogen and oxygen atoms in total. The van der Waals surface area contributed by atoms with Crippen LogP contribution in [0.1, 0.15) is 42.3 Å². The molecule has 2 amide bonds. The summed E-state index contributed by atoms with van der Waals surface area (Å²) < 4.78 is 0. The second kappa shape index (κ2) is 7.35. The van der Waals surface area contributed by atoms with Crippen molar-refractivity contribution in [1.82, 2.24) is 15.2 Å². The standard InChI is InChI=1S/C16H24N4O2/c1-11-8-12(5-6-16(22)18-2)9-13(19-11)14-4-3-7-20(14)10-15(17)21/h8-9,14H,3-7,10H2,1-2H3,(H2,17,21)(H,18,22)/t14-/m1/s1. The Morgan fingerprint density at radius 1 is 1.45 bits per heavy atom. The molecule has 2 rings (SSSR count). The van der Waals surface area contributed by atoms with Crippen molar-refractivity contribution >= 4 is 11.8 Å². The van der Waals surface area contributed by atoms with E-state index in [1.54, 1.807) is 7.05 Å². The van der Waals surface area contributed by atoms with Crippen LogP contribution in [0.5, 0.6) is 0 Å². The summed E-state index contributed by atoms with van der Waals surface area (Å²) in [6, 6.07) is 4.21. The van der Waals surface area contributed by atoms with Crippen LogP contribution in [0.15, 0.2) is 12.1 Å². The number of pyridine rings is 1. The van der Waals surface area contributed by atoms with Gasteiger partial charge in [-0.15, -0.1) is 0 Å². The number of nitrogens with one attached hydrogen (secondary N) is 1. The second-order valence-corrected chi connectivity index (χ2v) is 5.81. The minimum absolute atomic E-state index is 0.0345. The molecule has 1 fully saturated rings. The predicted molar refractivity (Wildman–Crippen MR) is 84.1 cm³/mol. The van der Waals surface area contributed by atoms with Crippen molar-refractivity contribution in [2.45, 2.75) is 38.6 Å². The zero-order valence-corrected chi connectivity index (χ0v) is 13.3. The smallest absolute Gasteiger partial charge is 0.231 e. The Kier molecular flexibility index (Phi) is 5.49. The molecule has 0 saturated carbocycles. The first-order chi connectivity index (χ1) is 10.5. The molecule has 1 atom stereocenters. The lowest BCUT2D eigenvalue weighted by Crippen LogP contribution is -2.33. The zero-order valence-electron chi connectivity index (χ0n) is 13.3. The van der Waals surface area contributed by atoms with Gasteiger partial charge in [-0.05, 0) is 50.4 Å². The first-order valence-electron chi connectivity index (χ1n) is 7.70. The zero-order chi connectivity index (χ0) is 16.1. The van der Waals surface area contributed by atoms with Crippen LogP contribution in [0.4, 0.5) is 0 Å². The fourth-order valence-electron chi connectivity index (χ4n) is 3.02. The summed E-state index contributed by atoms with van der Waals surface area (Å²) in [6.45, 7) is 3.10. The second-order valence-electron chi connectivity index (χ2n) is 5.81. The van der Waals surface area contributed by atoms with E-state index in [0.29, 0.717) is 12.8 Å². The van der Waals surface area contributed by atoms with E-state index >= 15 is 0 Å². The van der Waals surface area contributed by atoms with Crippen LogP contribution in [0.3, 0.4) is 0 Å². The molecule has 0 aromatic carbocycles. The lowest BCUT2D eigenvalue weighted by molar-refractivity contribution is -0.121. The summed E-state index contributed by atoms with van der Waals surface area (Å²) in [5.74, 6) is -0.272. The molecular formula is C16H24N4O2. The van der Waals surface area contributed by atoms with Gasteiger partial charge in [0, 0.05) is 19.2 Å². The molecule has 1 saturated heterocycles. The number of nitrogens with two attached hydrogens (primary N) is 1. The highest BCUT2D eigenvalue weighted by atomic mass is 16.1. The van der Waals surface area contributed by atoms with Gasteiger partial charge in [-0.3, -0.25) is 19.5 Å². The normalized spacial score (nSPS) is 18.4. The van der Waals surface area contributed by atoms with Gasteiger partial charge >= 0.3 is 0 Å². The number of carbonyl (C=O) groups excluding carboxylic acids is 2. The number of carbonyl (C=O) groups is 2. The van der Waals surface area contributed by atoms with E-state index in [0.717, 1.165) is 36.3 Å². The Bertz CT molecular complexity index is 559. The van der Waals surface area contributed by atoms with Crippen LogP contribution >= 0.6 is 0 Å². The monoisotopic (exact) mass is 304 g/mol. The van der Waals surface area contributed by atoms with Crippen LogP contribution in [0.25, 0.3) is 0 Å². The molecule has 0 radical (unpaired) electrons. The van der Waals surface area contributed by atoms with Crippen molar-refractivity contribution in [3.05, 3.63) is 29.1 Å². The molecule has 0 bridgehead atoms. The van der Waals surface area contributed by atoms with E-state index < -0.39 is 0 Å². The number of amides is 2. The molecule has 1 aromatic rings. The van der Waals surface area contributed by atoms with Gasteiger partial charge < -0.3 is 11.1 Å². The highest BCUT2D eigenvalue weighted by Crippen LogP contribution is 2.31. The Morgan fingerprint density at radius 3 is 2.91 bits per heavy atom. The largest absolute Gasteiger partial charge is 0.369 e. The third-order valence-electron chi connectivity index (χ3n) is 4.02. The van der Waals surface area contributed by atoms with Gasteiger partial charge in [0.25, 0.3) is 0 Å². The lowest BCUT2D eigenvalue weighted by atomic mass is 10.0. The van der Waals surface area contributed by atoms with Crippen LogP contribution in [0, 0.1) is 6.92 Å². The Hall–Kier alpha value is -1.95. The average molecular weight is 304 g/mol. The van der Waals surface area contributed by atoms with Gasteiger partial charge in [-0.2, -0.15) is 0 Å². The van der Waals surface area contributed by atoms with E-state index in [9.17, 15) is 9.59 Å². The molecule has 2 heterocycles. The van der Waals surface area contributed by atoms with E-state index in [4.69, 9.17) is 5.73 Å². The van der Waals surface area contributed by atoms with Crippen molar-refractivity contribution in [3.63, 3.8) is 0 Å². The fourth-order valence-corrected chi connectivity index (χ4v) is 3.02. The quantitative estimate of drug-likeness (QED) is 0.809. The SMILES string of the molecule is CNC(=O)CCc1cc(C)nc([C@H]2CCCN2CC(N)=O)c1. The number of likely N-dealkylation sites (tertiary alicyclic amines) is 1. The number of aryl methyl sites for hydroxylation is 2. The minimum atomic E-state index is -0.306. The molecule has 6 heteroatoms. The maximum Gasteiger partial charge on any atom is 0.231 e. The van der Waals surface area contributed by atoms with Crippen molar-refractivity contribution in [3.8, 4) is 0 Å². The molecule has 1 aliphatic rings. The fraction of sp³-hybridized carbons (Fsp3) is 0.562. The van der Waals surface area contributed by atoms with Crippen molar-refractivity contribution < 1.29 is 9.59 Å². The first kappa shape index (κ1) is 16.4. The molecule has 22 heavy (non-hydrogen) atoms. The molecule has 3 N–H and O–H groups in total. The van der Waals surface area contributed by atoms with Gasteiger partial charge in [0.2, 0.25) is 11.8 Å². The number of rotatable bonds is 6. The van der Waals surface area contributed by atoms with Crippen LogP contribution < -0.4 is 11.1 Å². The van der Waals surface area contributed by atoms with Crippen molar-refractivity contribution in [2.75, 3.05) is 20.1 Å². The van der Waals surface area contributed by atoms with Crippen molar-refractivity contribution in [1.29, 1.82) is 0 Å². The summed E-state index contributed by atoms with van der Waals surface area (Å²) in [7, 11) is 1.64. The highest BCUT2D eigenvalue weighted by molar-refractivity contribution is 5.76. The maximum absolute atomic E-state index is 11.4. The molecule has 1 aromatic heterocycles. The number of primary amides is 1. The van der Waals surface area contributed by atoms with Crippen molar-refractivity contribution in [2.24, 2.45) is 5.73 Å². The van der Waals surface area contributed by atoms with E-state index in [1.165, 1.54) is 0 Å². The summed E-state index contributed by atoms with van der Waals surface area (Å²) in [6.07, 6.45) is 3.19. The third-order valence-corrected chi connectivity index (χ3v) is 4.02. The molecular weight excluding hydrogens is 280 g/mol. The average Bonchev–Trinajstić information content (AvgIpc) is 2.91. The molecule has 0 spiro atoms. The van der Waals surface area contributed by atoms with Crippen LogP contribution in [-0.2, 0) is 16.0 Å². The summed E-state index contributed by atoms with van der Waals surface area (Å²) in [5.41, 5.74) is 8.35. The minimum Gasteiger partial charge on any atom is -0.369 e.